The van der Waals surface area contributed by atoms with E-state index in [9.17, 15) is 4.79 Å². The molecule has 1 aromatic rings. The lowest BCUT2D eigenvalue weighted by Gasteiger charge is -2.32. The highest BCUT2D eigenvalue weighted by Gasteiger charge is 2.23. The van der Waals surface area contributed by atoms with Crippen LogP contribution in [0.5, 0.6) is 0 Å². The van der Waals surface area contributed by atoms with E-state index in [0.717, 1.165) is 44.0 Å². The molecule has 4 heteroatoms. The van der Waals surface area contributed by atoms with Crippen molar-refractivity contribution in [3.8, 4) is 0 Å². The van der Waals surface area contributed by atoms with Gasteiger partial charge in [-0.05, 0) is 69.3 Å². The number of amides is 1. The predicted molar refractivity (Wildman–Crippen MR) is 85.4 cm³/mol. The first-order valence-corrected chi connectivity index (χ1v) is 8.55. The van der Waals surface area contributed by atoms with Gasteiger partial charge in [0.2, 0.25) is 0 Å². The Bertz CT molecular complexity index is 425. The third-order valence-electron chi connectivity index (χ3n) is 4.04. The van der Waals surface area contributed by atoms with Gasteiger partial charge in [0, 0.05) is 23.5 Å². The van der Waals surface area contributed by atoms with Gasteiger partial charge in [0.25, 0.3) is 5.91 Å². The average molecular weight is 292 g/mol. The number of hydrogen-bond acceptors (Lipinski definition) is 3. The third kappa shape index (κ3) is 4.00. The maximum absolute atomic E-state index is 12.4. The molecule has 1 aromatic carbocycles. The first-order valence-electron chi connectivity index (χ1n) is 7.32. The zero-order valence-corrected chi connectivity index (χ0v) is 13.2. The first-order chi connectivity index (χ1) is 9.74. The highest BCUT2D eigenvalue weighted by atomic mass is 32.2. The summed E-state index contributed by atoms with van der Waals surface area (Å²) in [5, 5.41) is 3.20. The van der Waals surface area contributed by atoms with Crippen LogP contribution in [0.25, 0.3) is 0 Å². The molecule has 1 saturated heterocycles. The molecule has 0 aliphatic carbocycles. The SMILES string of the molecule is CNCCC1CCN(C(=O)c2ccc(SC)cc2)CC1. The van der Waals surface area contributed by atoms with E-state index in [1.54, 1.807) is 11.8 Å². The van der Waals surface area contributed by atoms with Crippen molar-refractivity contribution >= 4 is 17.7 Å². The molecule has 1 N–H and O–H groups in total. The standard InChI is InChI=1S/C16H24N2OS/c1-17-10-7-13-8-11-18(12-9-13)16(19)14-3-5-15(20-2)6-4-14/h3-6,13,17H,7-12H2,1-2H3. The molecule has 1 fully saturated rings. The van der Waals surface area contributed by atoms with Gasteiger partial charge >= 0.3 is 0 Å². The number of carbonyl (C=O) groups excluding carboxylic acids is 1. The Hall–Kier alpha value is -1.00. The number of benzene rings is 1. The number of thioether (sulfide) groups is 1. The molecular weight excluding hydrogens is 268 g/mol. The minimum absolute atomic E-state index is 0.185. The van der Waals surface area contributed by atoms with Crippen molar-refractivity contribution in [1.82, 2.24) is 10.2 Å². The molecule has 110 valence electrons. The van der Waals surface area contributed by atoms with Crippen LogP contribution in [-0.4, -0.2) is 43.7 Å². The molecule has 1 aliphatic rings. The van der Waals surface area contributed by atoms with Crippen LogP contribution >= 0.6 is 11.8 Å². The zero-order chi connectivity index (χ0) is 14.4. The highest BCUT2D eigenvalue weighted by Crippen LogP contribution is 2.22. The van der Waals surface area contributed by atoms with Gasteiger partial charge in [-0.1, -0.05) is 0 Å². The lowest BCUT2D eigenvalue weighted by Crippen LogP contribution is -2.38. The molecule has 0 radical (unpaired) electrons. The lowest BCUT2D eigenvalue weighted by molar-refractivity contribution is 0.0687. The number of piperidine rings is 1. The molecule has 3 nitrogen and oxygen atoms in total. The van der Waals surface area contributed by atoms with Crippen molar-refractivity contribution in [3.63, 3.8) is 0 Å². The Morgan fingerprint density at radius 2 is 1.95 bits per heavy atom. The fourth-order valence-electron chi connectivity index (χ4n) is 2.69. The van der Waals surface area contributed by atoms with Gasteiger partial charge in [-0.15, -0.1) is 11.8 Å². The van der Waals surface area contributed by atoms with Crippen molar-refractivity contribution in [2.45, 2.75) is 24.2 Å². The highest BCUT2D eigenvalue weighted by molar-refractivity contribution is 7.98. The summed E-state index contributed by atoms with van der Waals surface area (Å²) in [5.41, 5.74) is 0.816. The number of carbonyl (C=O) groups is 1. The summed E-state index contributed by atoms with van der Waals surface area (Å²) in [6.07, 6.45) is 5.54. The Morgan fingerprint density at radius 3 is 2.50 bits per heavy atom. The summed E-state index contributed by atoms with van der Waals surface area (Å²) in [6, 6.07) is 7.94. The van der Waals surface area contributed by atoms with Gasteiger partial charge in [-0.25, -0.2) is 0 Å². The molecule has 1 amide bonds. The number of likely N-dealkylation sites (tertiary alicyclic amines) is 1. The second kappa shape index (κ2) is 7.70. The van der Waals surface area contributed by atoms with E-state index >= 15 is 0 Å². The number of nitrogens with one attached hydrogen (secondary N) is 1. The first kappa shape index (κ1) is 15.4. The summed E-state index contributed by atoms with van der Waals surface area (Å²) in [4.78, 5) is 15.6. The van der Waals surface area contributed by atoms with Crippen LogP contribution in [0.4, 0.5) is 0 Å². The Morgan fingerprint density at radius 1 is 1.30 bits per heavy atom. The average Bonchev–Trinajstić information content (AvgIpc) is 2.53. The van der Waals surface area contributed by atoms with Crippen LogP contribution in [0.15, 0.2) is 29.2 Å². The smallest absolute Gasteiger partial charge is 0.253 e. The minimum Gasteiger partial charge on any atom is -0.339 e. The molecule has 0 saturated carbocycles. The number of nitrogens with zero attached hydrogens (tertiary/aromatic N) is 1. The van der Waals surface area contributed by atoms with E-state index in [4.69, 9.17) is 0 Å². The fourth-order valence-corrected chi connectivity index (χ4v) is 3.10. The van der Waals surface area contributed by atoms with Crippen molar-refractivity contribution in [2.24, 2.45) is 5.92 Å². The van der Waals surface area contributed by atoms with Gasteiger partial charge in [0.15, 0.2) is 0 Å². The largest absolute Gasteiger partial charge is 0.339 e. The van der Waals surface area contributed by atoms with E-state index in [1.807, 2.05) is 42.5 Å². The van der Waals surface area contributed by atoms with E-state index in [2.05, 4.69) is 5.32 Å². The van der Waals surface area contributed by atoms with E-state index in [0.29, 0.717) is 0 Å². The van der Waals surface area contributed by atoms with Gasteiger partial charge in [0.1, 0.15) is 0 Å². The summed E-state index contributed by atoms with van der Waals surface area (Å²) in [6.45, 7) is 2.88. The normalized spacial score (nSPS) is 16.4. The van der Waals surface area contributed by atoms with Gasteiger partial charge in [-0.2, -0.15) is 0 Å². The lowest BCUT2D eigenvalue weighted by atomic mass is 9.93. The Balaban J connectivity index is 1.87. The van der Waals surface area contributed by atoms with Gasteiger partial charge in [0.05, 0.1) is 0 Å². The molecule has 0 unspecified atom stereocenters. The predicted octanol–water partition coefficient (Wildman–Crippen LogP) is 2.87. The zero-order valence-electron chi connectivity index (χ0n) is 12.4. The third-order valence-corrected chi connectivity index (χ3v) is 4.78. The van der Waals surface area contributed by atoms with Crippen LogP contribution < -0.4 is 5.32 Å². The molecule has 1 heterocycles. The Kier molecular flexibility index (Phi) is 5.92. The van der Waals surface area contributed by atoms with Crippen LogP contribution in [0.3, 0.4) is 0 Å². The number of hydrogen-bond donors (Lipinski definition) is 1. The van der Waals surface area contributed by atoms with E-state index in [-0.39, 0.29) is 5.91 Å². The minimum atomic E-state index is 0.185. The second-order valence-corrected chi connectivity index (χ2v) is 6.24. The quantitative estimate of drug-likeness (QED) is 0.847. The maximum Gasteiger partial charge on any atom is 0.253 e. The second-order valence-electron chi connectivity index (χ2n) is 5.36. The number of rotatable bonds is 5. The van der Waals surface area contributed by atoms with Crippen molar-refractivity contribution in [2.75, 3.05) is 32.9 Å². The maximum atomic E-state index is 12.4. The topological polar surface area (TPSA) is 32.3 Å². The van der Waals surface area contributed by atoms with Gasteiger partial charge in [-0.3, -0.25) is 4.79 Å². The Labute approximate surface area is 126 Å². The monoisotopic (exact) mass is 292 g/mol. The van der Waals surface area contributed by atoms with Gasteiger partial charge < -0.3 is 10.2 Å². The summed E-state index contributed by atoms with van der Waals surface area (Å²) >= 11 is 1.70. The van der Waals surface area contributed by atoms with Crippen molar-refractivity contribution in [3.05, 3.63) is 29.8 Å². The summed E-state index contributed by atoms with van der Waals surface area (Å²) < 4.78 is 0. The summed E-state index contributed by atoms with van der Waals surface area (Å²) in [7, 11) is 2.00. The molecule has 20 heavy (non-hydrogen) atoms. The van der Waals surface area contributed by atoms with Crippen molar-refractivity contribution < 1.29 is 4.79 Å². The van der Waals surface area contributed by atoms with Crippen LogP contribution in [0.1, 0.15) is 29.6 Å². The molecule has 1 aliphatic heterocycles. The summed E-state index contributed by atoms with van der Waals surface area (Å²) in [5.74, 6) is 0.954. The fraction of sp³-hybridized carbons (Fsp3) is 0.562. The molecule has 0 atom stereocenters. The molecule has 0 bridgehead atoms. The molecule has 0 aromatic heterocycles. The van der Waals surface area contributed by atoms with E-state index in [1.165, 1.54) is 11.3 Å². The molecule has 0 spiro atoms. The van der Waals surface area contributed by atoms with Crippen LogP contribution in [0, 0.1) is 5.92 Å². The van der Waals surface area contributed by atoms with Crippen LogP contribution in [0.2, 0.25) is 0 Å². The molecular formula is C16H24N2OS. The van der Waals surface area contributed by atoms with Crippen LogP contribution in [-0.2, 0) is 0 Å². The van der Waals surface area contributed by atoms with Crippen molar-refractivity contribution in [1.29, 1.82) is 0 Å². The van der Waals surface area contributed by atoms with E-state index < -0.39 is 0 Å². The molecule has 2 rings (SSSR count).